The van der Waals surface area contributed by atoms with Crippen LogP contribution in [0.2, 0.25) is 5.15 Å². The van der Waals surface area contributed by atoms with Gasteiger partial charge in [0.1, 0.15) is 23.1 Å². The lowest BCUT2D eigenvalue weighted by Crippen LogP contribution is -2.41. The Bertz CT molecular complexity index is 834. The number of nitrogens with one attached hydrogen (secondary N) is 1. The van der Waals surface area contributed by atoms with E-state index >= 15 is 0 Å². The number of hydrogen-bond acceptors (Lipinski definition) is 5. The first-order valence-corrected chi connectivity index (χ1v) is 9.46. The second-order valence-electron chi connectivity index (χ2n) is 7.25. The van der Waals surface area contributed by atoms with Crippen LogP contribution in [0.1, 0.15) is 39.7 Å². The van der Waals surface area contributed by atoms with Crippen molar-refractivity contribution in [1.29, 1.82) is 0 Å². The Morgan fingerprint density at radius 2 is 2.11 bits per heavy atom. The molecule has 0 aliphatic rings. The van der Waals surface area contributed by atoms with E-state index in [9.17, 15) is 4.79 Å². The number of ether oxygens (including phenoxy) is 2. The van der Waals surface area contributed by atoms with Gasteiger partial charge in [-0.15, -0.1) is 0 Å². The Morgan fingerprint density at radius 1 is 1.36 bits per heavy atom. The molecule has 1 atom stereocenters. The van der Waals surface area contributed by atoms with E-state index in [1.165, 1.54) is 0 Å². The molecule has 1 N–H and O–H groups in total. The molecule has 6 nitrogen and oxygen atoms in total. The van der Waals surface area contributed by atoms with Crippen molar-refractivity contribution in [2.75, 3.05) is 6.61 Å². The van der Waals surface area contributed by atoms with Gasteiger partial charge in [0, 0.05) is 11.8 Å². The van der Waals surface area contributed by atoms with Crippen LogP contribution in [0.5, 0.6) is 5.75 Å². The van der Waals surface area contributed by atoms with E-state index in [1.807, 2.05) is 39.8 Å². The zero-order valence-electron chi connectivity index (χ0n) is 16.7. The molecular weight excluding hydrogens is 378 g/mol. The molecule has 2 heterocycles. The number of pyridine rings is 2. The van der Waals surface area contributed by atoms with Crippen LogP contribution in [-0.4, -0.2) is 34.3 Å². The second-order valence-corrected chi connectivity index (χ2v) is 7.61. The molecule has 0 bridgehead atoms. The molecule has 0 aliphatic heterocycles. The molecule has 7 heteroatoms. The summed E-state index contributed by atoms with van der Waals surface area (Å²) in [6.07, 6.45) is 5.19. The molecule has 0 saturated carbocycles. The average molecular weight is 404 g/mol. The van der Waals surface area contributed by atoms with Crippen LogP contribution in [0.25, 0.3) is 17.3 Å². The van der Waals surface area contributed by atoms with Crippen molar-refractivity contribution in [3.05, 3.63) is 47.9 Å². The minimum atomic E-state index is -0.550. The Hall–Kier alpha value is -2.60. The third-order valence-electron chi connectivity index (χ3n) is 3.77. The summed E-state index contributed by atoms with van der Waals surface area (Å²) in [5.41, 5.74) is 1.72. The number of carbonyl (C=O) groups excluding carboxylic acids is 1. The Kier molecular flexibility index (Phi) is 7.40. The lowest BCUT2D eigenvalue weighted by Gasteiger charge is -2.23. The largest absolute Gasteiger partial charge is 0.490 e. The fourth-order valence-corrected chi connectivity index (χ4v) is 2.54. The monoisotopic (exact) mass is 403 g/mol. The molecule has 0 aromatic carbocycles. The maximum absolute atomic E-state index is 11.9. The fourth-order valence-electron chi connectivity index (χ4n) is 2.34. The quantitative estimate of drug-likeness (QED) is 0.649. The van der Waals surface area contributed by atoms with Gasteiger partial charge in [-0.05, 0) is 51.0 Å². The van der Waals surface area contributed by atoms with Gasteiger partial charge in [-0.2, -0.15) is 0 Å². The highest BCUT2D eigenvalue weighted by Crippen LogP contribution is 2.29. The molecule has 28 heavy (non-hydrogen) atoms. The van der Waals surface area contributed by atoms with Gasteiger partial charge in [-0.1, -0.05) is 31.2 Å². The Morgan fingerprint density at radius 3 is 2.75 bits per heavy atom. The molecule has 2 aromatic heterocycles. The second kappa shape index (κ2) is 9.55. The molecule has 0 aliphatic carbocycles. The number of halogens is 1. The van der Waals surface area contributed by atoms with Gasteiger partial charge in [-0.25, -0.2) is 9.78 Å². The maximum Gasteiger partial charge on any atom is 0.407 e. The summed E-state index contributed by atoms with van der Waals surface area (Å²) in [5, 5.41) is 3.14. The number of aromatic nitrogens is 2. The Balaban J connectivity index is 2.07. The summed E-state index contributed by atoms with van der Waals surface area (Å²) in [7, 11) is 0. The van der Waals surface area contributed by atoms with E-state index in [-0.39, 0.29) is 12.6 Å². The maximum atomic E-state index is 11.9. The summed E-state index contributed by atoms with van der Waals surface area (Å²) in [5.74, 6) is 0.537. The van der Waals surface area contributed by atoms with E-state index in [0.717, 1.165) is 5.56 Å². The molecule has 2 aromatic rings. The van der Waals surface area contributed by atoms with Crippen molar-refractivity contribution in [2.45, 2.75) is 45.8 Å². The molecule has 1 amide bonds. The van der Waals surface area contributed by atoms with Crippen LogP contribution >= 0.6 is 11.6 Å². The highest BCUT2D eigenvalue weighted by Gasteiger charge is 2.19. The third-order valence-corrected chi connectivity index (χ3v) is 4.08. The summed E-state index contributed by atoms with van der Waals surface area (Å²) in [4.78, 5) is 20.5. The standard InChI is InChI=1S/C21H26ClN3O3/c1-6-14-8-9-23-18(10-14)17-11-16(12-24-19(17)22)27-13-15(7-2)25-20(26)28-21(3,4)5/h6,8-12,15H,1,7,13H2,2-5H3,(H,25,26)/t15-/m0/s1. The molecule has 0 fully saturated rings. The lowest BCUT2D eigenvalue weighted by molar-refractivity contribution is 0.0486. The van der Waals surface area contributed by atoms with Crippen LogP contribution in [0.15, 0.2) is 37.2 Å². The van der Waals surface area contributed by atoms with E-state index in [0.29, 0.717) is 28.6 Å². The fraction of sp³-hybridized carbons (Fsp3) is 0.381. The number of amides is 1. The normalized spacial score (nSPS) is 12.2. The number of rotatable bonds is 7. The first-order chi connectivity index (χ1) is 13.2. The van der Waals surface area contributed by atoms with Crippen molar-refractivity contribution >= 4 is 23.8 Å². The molecular formula is C21H26ClN3O3. The van der Waals surface area contributed by atoms with Gasteiger partial charge in [0.2, 0.25) is 0 Å². The predicted molar refractivity (Wildman–Crippen MR) is 112 cm³/mol. The number of nitrogens with zero attached hydrogens (tertiary/aromatic N) is 2. The Labute approximate surface area is 170 Å². The van der Waals surface area contributed by atoms with Gasteiger partial charge >= 0.3 is 6.09 Å². The highest BCUT2D eigenvalue weighted by atomic mass is 35.5. The summed E-state index contributed by atoms with van der Waals surface area (Å²) in [6.45, 7) is 11.5. The summed E-state index contributed by atoms with van der Waals surface area (Å²) >= 11 is 6.24. The third kappa shape index (κ3) is 6.53. The smallest absolute Gasteiger partial charge is 0.407 e. The van der Waals surface area contributed by atoms with Crippen molar-refractivity contribution < 1.29 is 14.3 Å². The zero-order valence-corrected chi connectivity index (χ0v) is 17.4. The van der Waals surface area contributed by atoms with E-state index in [2.05, 4.69) is 21.9 Å². The van der Waals surface area contributed by atoms with E-state index in [1.54, 1.807) is 24.5 Å². The van der Waals surface area contributed by atoms with Crippen LogP contribution in [0, 0.1) is 0 Å². The molecule has 0 saturated heterocycles. The van der Waals surface area contributed by atoms with Gasteiger partial charge in [0.25, 0.3) is 0 Å². The van der Waals surface area contributed by atoms with Crippen molar-refractivity contribution in [3.8, 4) is 17.0 Å². The predicted octanol–water partition coefficient (Wildman–Crippen LogP) is 5.12. The topological polar surface area (TPSA) is 73.3 Å². The zero-order chi connectivity index (χ0) is 20.7. The average Bonchev–Trinajstić information content (AvgIpc) is 2.64. The van der Waals surface area contributed by atoms with Crippen molar-refractivity contribution in [3.63, 3.8) is 0 Å². The summed E-state index contributed by atoms with van der Waals surface area (Å²) in [6, 6.07) is 5.31. The molecule has 0 radical (unpaired) electrons. The SMILES string of the molecule is C=Cc1ccnc(-c2cc(OC[C@H](CC)NC(=O)OC(C)(C)C)cnc2Cl)c1. The van der Waals surface area contributed by atoms with Crippen LogP contribution in [0.4, 0.5) is 4.79 Å². The highest BCUT2D eigenvalue weighted by molar-refractivity contribution is 6.32. The minimum Gasteiger partial charge on any atom is -0.490 e. The van der Waals surface area contributed by atoms with E-state index in [4.69, 9.17) is 21.1 Å². The van der Waals surface area contributed by atoms with Gasteiger partial charge in [0.05, 0.1) is 17.9 Å². The number of carbonyl (C=O) groups is 1. The van der Waals surface area contributed by atoms with Gasteiger partial charge in [-0.3, -0.25) is 4.98 Å². The summed E-state index contributed by atoms with van der Waals surface area (Å²) < 4.78 is 11.1. The first-order valence-electron chi connectivity index (χ1n) is 9.08. The number of hydrogen-bond donors (Lipinski definition) is 1. The number of alkyl carbamates (subject to hydrolysis) is 1. The van der Waals surface area contributed by atoms with Crippen LogP contribution in [0.3, 0.4) is 0 Å². The van der Waals surface area contributed by atoms with Gasteiger partial charge < -0.3 is 14.8 Å². The lowest BCUT2D eigenvalue weighted by atomic mass is 10.1. The van der Waals surface area contributed by atoms with Crippen LogP contribution in [-0.2, 0) is 4.74 Å². The first kappa shape index (κ1) is 21.7. The molecule has 2 rings (SSSR count). The minimum absolute atomic E-state index is 0.198. The van der Waals surface area contributed by atoms with Crippen molar-refractivity contribution in [2.24, 2.45) is 0 Å². The molecule has 0 spiro atoms. The van der Waals surface area contributed by atoms with Crippen molar-refractivity contribution in [1.82, 2.24) is 15.3 Å². The molecule has 150 valence electrons. The van der Waals surface area contributed by atoms with E-state index < -0.39 is 11.7 Å². The van der Waals surface area contributed by atoms with Gasteiger partial charge in [0.15, 0.2) is 0 Å². The molecule has 0 unspecified atom stereocenters. The van der Waals surface area contributed by atoms with Crippen LogP contribution < -0.4 is 10.1 Å².